The van der Waals surface area contributed by atoms with Crippen molar-refractivity contribution >= 4 is 30.4 Å². The number of rotatable bonds is 8. The standard InChI is InChI=1S/C19H23O5P/c1-4-22-19(20)18(25(21,23-5-2)24-6-3)14-15-11-12-16-9-7-8-10-17(16)13-15/h7-14H,4-6H2,1-3H3. The third-order valence-corrected chi connectivity index (χ3v) is 5.55. The van der Waals surface area contributed by atoms with Gasteiger partial charge in [-0.25, -0.2) is 4.79 Å². The van der Waals surface area contributed by atoms with Crippen molar-refractivity contribution in [3.05, 3.63) is 53.3 Å². The quantitative estimate of drug-likeness (QED) is 0.375. The van der Waals surface area contributed by atoms with Crippen molar-refractivity contribution in [3.63, 3.8) is 0 Å². The van der Waals surface area contributed by atoms with Gasteiger partial charge in [0, 0.05) is 0 Å². The molecule has 0 saturated carbocycles. The molecule has 0 bridgehead atoms. The Labute approximate surface area is 148 Å². The molecule has 134 valence electrons. The molecule has 0 spiro atoms. The maximum Gasteiger partial charge on any atom is 0.368 e. The maximum absolute atomic E-state index is 13.1. The zero-order chi connectivity index (χ0) is 18.3. The third-order valence-electron chi connectivity index (χ3n) is 3.45. The first-order chi connectivity index (χ1) is 12.0. The Morgan fingerprint density at radius 2 is 1.60 bits per heavy atom. The summed E-state index contributed by atoms with van der Waals surface area (Å²) < 4.78 is 28.8. The van der Waals surface area contributed by atoms with Gasteiger partial charge < -0.3 is 13.8 Å². The van der Waals surface area contributed by atoms with Gasteiger partial charge in [-0.05, 0) is 49.2 Å². The number of carbonyl (C=O) groups excluding carboxylic acids is 1. The van der Waals surface area contributed by atoms with E-state index in [2.05, 4.69) is 0 Å². The minimum absolute atomic E-state index is 0.0895. The minimum Gasteiger partial charge on any atom is -0.462 e. The summed E-state index contributed by atoms with van der Waals surface area (Å²) in [4.78, 5) is 12.4. The fraction of sp³-hybridized carbons (Fsp3) is 0.316. The molecule has 0 amide bonds. The molecule has 2 rings (SSSR count). The normalized spacial score (nSPS) is 12.4. The van der Waals surface area contributed by atoms with E-state index >= 15 is 0 Å². The maximum atomic E-state index is 13.1. The number of hydrogen-bond acceptors (Lipinski definition) is 5. The van der Waals surface area contributed by atoms with Gasteiger partial charge in [0.1, 0.15) is 5.31 Å². The molecule has 0 aromatic heterocycles. The van der Waals surface area contributed by atoms with Crippen molar-refractivity contribution in [1.29, 1.82) is 0 Å². The highest BCUT2D eigenvalue weighted by molar-refractivity contribution is 7.60. The molecule has 0 N–H and O–H groups in total. The van der Waals surface area contributed by atoms with E-state index in [0.717, 1.165) is 16.3 Å². The number of hydrogen-bond donors (Lipinski definition) is 0. The summed E-state index contributed by atoms with van der Waals surface area (Å²) in [5, 5.41) is 2.01. The topological polar surface area (TPSA) is 61.8 Å². The van der Waals surface area contributed by atoms with Crippen LogP contribution in [0, 0.1) is 0 Å². The summed E-state index contributed by atoms with van der Waals surface area (Å²) in [6.07, 6.45) is 1.52. The van der Waals surface area contributed by atoms with Crippen molar-refractivity contribution in [1.82, 2.24) is 0 Å². The van der Waals surface area contributed by atoms with Crippen molar-refractivity contribution in [3.8, 4) is 0 Å². The first-order valence-electron chi connectivity index (χ1n) is 8.31. The number of fused-ring (bicyclic) bond motifs is 1. The molecule has 0 aliphatic heterocycles. The van der Waals surface area contributed by atoms with Crippen LogP contribution in [0.25, 0.3) is 16.8 Å². The lowest BCUT2D eigenvalue weighted by atomic mass is 10.1. The van der Waals surface area contributed by atoms with Crippen LogP contribution in [-0.2, 0) is 23.1 Å². The van der Waals surface area contributed by atoms with E-state index in [4.69, 9.17) is 13.8 Å². The number of carbonyl (C=O) groups is 1. The van der Waals surface area contributed by atoms with E-state index in [1.54, 1.807) is 20.8 Å². The SMILES string of the molecule is CCOC(=O)C(=Cc1ccc2ccccc2c1)P(=O)(OCC)OCC. The second kappa shape index (κ2) is 8.95. The molecule has 0 aliphatic carbocycles. The third kappa shape index (κ3) is 4.79. The largest absolute Gasteiger partial charge is 0.462 e. The Bertz CT molecular complexity index is 802. The van der Waals surface area contributed by atoms with Crippen LogP contribution in [-0.4, -0.2) is 25.8 Å². The fourth-order valence-corrected chi connectivity index (χ4v) is 4.05. The Balaban J connectivity index is 2.53. The Morgan fingerprint density at radius 3 is 2.20 bits per heavy atom. The number of ether oxygens (including phenoxy) is 1. The lowest BCUT2D eigenvalue weighted by Gasteiger charge is -2.19. The van der Waals surface area contributed by atoms with Crippen LogP contribution in [0.15, 0.2) is 47.8 Å². The van der Waals surface area contributed by atoms with Crippen LogP contribution in [0.4, 0.5) is 0 Å². The lowest BCUT2D eigenvalue weighted by molar-refractivity contribution is -0.137. The van der Waals surface area contributed by atoms with Crippen LogP contribution >= 0.6 is 7.60 Å². The second-order valence-electron chi connectivity index (χ2n) is 5.19. The van der Waals surface area contributed by atoms with E-state index in [9.17, 15) is 9.36 Å². The highest BCUT2D eigenvalue weighted by atomic mass is 31.2. The molecule has 2 aromatic rings. The Morgan fingerprint density at radius 1 is 0.960 bits per heavy atom. The molecule has 2 aromatic carbocycles. The summed E-state index contributed by atoms with van der Waals surface area (Å²) in [6.45, 7) is 5.58. The van der Waals surface area contributed by atoms with Gasteiger partial charge in [-0.3, -0.25) is 4.57 Å². The van der Waals surface area contributed by atoms with Crippen molar-refractivity contribution in [2.45, 2.75) is 20.8 Å². The molecular formula is C19H23O5P. The van der Waals surface area contributed by atoms with Gasteiger partial charge in [-0.2, -0.15) is 0 Å². The van der Waals surface area contributed by atoms with Gasteiger partial charge in [0.25, 0.3) is 0 Å². The van der Waals surface area contributed by atoms with Crippen molar-refractivity contribution in [2.75, 3.05) is 19.8 Å². The van der Waals surface area contributed by atoms with Gasteiger partial charge >= 0.3 is 13.6 Å². The van der Waals surface area contributed by atoms with E-state index < -0.39 is 13.6 Å². The first-order valence-corrected chi connectivity index (χ1v) is 9.85. The van der Waals surface area contributed by atoms with Crippen LogP contribution in [0.1, 0.15) is 26.3 Å². The zero-order valence-electron chi connectivity index (χ0n) is 14.7. The predicted octanol–water partition coefficient (Wildman–Crippen LogP) is 5.01. The second-order valence-corrected chi connectivity index (χ2v) is 7.18. The Kier molecular flexibility index (Phi) is 6.94. The van der Waals surface area contributed by atoms with Crippen LogP contribution in [0.2, 0.25) is 0 Å². The van der Waals surface area contributed by atoms with Crippen LogP contribution < -0.4 is 0 Å². The van der Waals surface area contributed by atoms with Gasteiger partial charge in [0.15, 0.2) is 0 Å². The molecule has 0 saturated heterocycles. The van der Waals surface area contributed by atoms with E-state index in [1.165, 1.54) is 6.08 Å². The van der Waals surface area contributed by atoms with Crippen molar-refractivity contribution in [2.24, 2.45) is 0 Å². The predicted molar refractivity (Wildman–Crippen MR) is 99.4 cm³/mol. The Hall–Kier alpha value is -1.94. The lowest BCUT2D eigenvalue weighted by Crippen LogP contribution is -2.11. The van der Waals surface area contributed by atoms with E-state index in [0.29, 0.717) is 0 Å². The molecular weight excluding hydrogens is 339 g/mol. The van der Waals surface area contributed by atoms with Gasteiger partial charge in [-0.15, -0.1) is 0 Å². The summed E-state index contributed by atoms with van der Waals surface area (Å²) in [5.74, 6) is -0.694. The van der Waals surface area contributed by atoms with Gasteiger partial charge in [-0.1, -0.05) is 36.4 Å². The summed E-state index contributed by atoms with van der Waals surface area (Å²) >= 11 is 0. The average Bonchev–Trinajstić information content (AvgIpc) is 2.60. The molecule has 0 aliphatic rings. The molecule has 5 nitrogen and oxygen atoms in total. The van der Waals surface area contributed by atoms with E-state index in [-0.39, 0.29) is 25.1 Å². The average molecular weight is 362 g/mol. The summed E-state index contributed by atoms with van der Waals surface area (Å²) in [7, 11) is -3.75. The van der Waals surface area contributed by atoms with Crippen LogP contribution in [0.5, 0.6) is 0 Å². The zero-order valence-corrected chi connectivity index (χ0v) is 15.6. The first kappa shape index (κ1) is 19.4. The van der Waals surface area contributed by atoms with E-state index in [1.807, 2.05) is 42.5 Å². The molecule has 0 unspecified atom stereocenters. The summed E-state index contributed by atoms with van der Waals surface area (Å²) in [6, 6.07) is 13.6. The smallest absolute Gasteiger partial charge is 0.368 e. The van der Waals surface area contributed by atoms with Crippen molar-refractivity contribution < 1.29 is 23.1 Å². The summed E-state index contributed by atoms with van der Waals surface area (Å²) in [5.41, 5.74) is 0.724. The van der Waals surface area contributed by atoms with Crippen LogP contribution in [0.3, 0.4) is 0 Å². The molecule has 0 heterocycles. The molecule has 0 atom stereocenters. The molecule has 6 heteroatoms. The number of benzene rings is 2. The fourth-order valence-electron chi connectivity index (χ4n) is 2.43. The highest BCUT2D eigenvalue weighted by Crippen LogP contribution is 2.57. The van der Waals surface area contributed by atoms with Gasteiger partial charge in [0.2, 0.25) is 0 Å². The number of esters is 1. The highest BCUT2D eigenvalue weighted by Gasteiger charge is 2.36. The molecule has 0 fully saturated rings. The monoisotopic (exact) mass is 362 g/mol. The van der Waals surface area contributed by atoms with Gasteiger partial charge in [0.05, 0.1) is 19.8 Å². The minimum atomic E-state index is -3.75. The molecule has 0 radical (unpaired) electrons. The molecule has 25 heavy (non-hydrogen) atoms.